The Hall–Kier alpha value is -4.01. The van der Waals surface area contributed by atoms with E-state index in [9.17, 15) is 14.4 Å². The minimum atomic E-state index is -0.244. The summed E-state index contributed by atoms with van der Waals surface area (Å²) in [5, 5.41) is 5.76. The summed E-state index contributed by atoms with van der Waals surface area (Å²) in [6, 6.07) is 11.0. The number of aryl methyl sites for hydroxylation is 3. The molecule has 1 aliphatic heterocycles. The molecule has 0 atom stereocenters. The Morgan fingerprint density at radius 2 is 1.73 bits per heavy atom. The number of benzene rings is 1. The van der Waals surface area contributed by atoms with Crippen LogP contribution >= 0.6 is 0 Å². The maximum absolute atomic E-state index is 13.0. The van der Waals surface area contributed by atoms with E-state index in [1.165, 1.54) is 0 Å². The minimum Gasteiger partial charge on any atom is -0.352 e. The summed E-state index contributed by atoms with van der Waals surface area (Å²) in [5.74, 6) is -0.373. The van der Waals surface area contributed by atoms with Crippen molar-refractivity contribution in [3.63, 3.8) is 0 Å². The monoisotopic (exact) mass is 502 g/mol. The summed E-state index contributed by atoms with van der Waals surface area (Å²) < 4.78 is 1.98. The number of pyridine rings is 1. The van der Waals surface area contributed by atoms with E-state index in [0.717, 1.165) is 42.8 Å². The second-order valence-electron chi connectivity index (χ2n) is 9.45. The van der Waals surface area contributed by atoms with E-state index < -0.39 is 0 Å². The quantitative estimate of drug-likeness (QED) is 0.438. The van der Waals surface area contributed by atoms with Gasteiger partial charge in [0.2, 0.25) is 5.91 Å². The van der Waals surface area contributed by atoms with Crippen molar-refractivity contribution in [2.45, 2.75) is 45.6 Å². The van der Waals surface area contributed by atoms with E-state index >= 15 is 0 Å². The fraction of sp³-hybridized carbons (Fsp3) is 0.393. The zero-order valence-corrected chi connectivity index (χ0v) is 21.4. The number of likely N-dealkylation sites (tertiary alicyclic amines) is 1. The molecule has 0 bridgehead atoms. The standard InChI is InChI=1S/C28H34N6O3/c1-20-6-3-4-7-23(20)27(36)31-18-25(35)34-15-10-22(11-16-34)26-24(9-8-21(2)32-26)28(37)30-12-5-14-33-17-13-29-19-33/h3-4,6-9,13,17,19,22H,5,10-12,14-16,18H2,1-2H3,(H,30,37)(H,31,36). The third-order valence-electron chi connectivity index (χ3n) is 6.77. The van der Waals surface area contributed by atoms with Crippen LogP contribution < -0.4 is 10.6 Å². The summed E-state index contributed by atoms with van der Waals surface area (Å²) in [5.41, 5.74) is 3.71. The molecular weight excluding hydrogens is 468 g/mol. The van der Waals surface area contributed by atoms with Crippen LogP contribution in [0.25, 0.3) is 0 Å². The number of rotatable bonds is 9. The van der Waals surface area contributed by atoms with Crippen LogP contribution in [0.1, 0.15) is 62.8 Å². The highest BCUT2D eigenvalue weighted by Crippen LogP contribution is 2.29. The number of nitrogens with one attached hydrogen (secondary N) is 2. The Labute approximate surface area is 217 Å². The first-order valence-corrected chi connectivity index (χ1v) is 12.8. The maximum Gasteiger partial charge on any atom is 0.253 e. The van der Waals surface area contributed by atoms with E-state index in [-0.39, 0.29) is 30.2 Å². The molecule has 1 aliphatic rings. The molecule has 0 radical (unpaired) electrons. The molecule has 2 aromatic heterocycles. The fourth-order valence-electron chi connectivity index (χ4n) is 4.65. The smallest absolute Gasteiger partial charge is 0.253 e. The molecule has 194 valence electrons. The molecule has 1 aromatic carbocycles. The van der Waals surface area contributed by atoms with Gasteiger partial charge in [-0.2, -0.15) is 0 Å². The highest BCUT2D eigenvalue weighted by atomic mass is 16.2. The van der Waals surface area contributed by atoms with E-state index in [0.29, 0.717) is 30.8 Å². The van der Waals surface area contributed by atoms with Crippen molar-refractivity contribution in [2.24, 2.45) is 0 Å². The molecular formula is C28H34N6O3. The number of amides is 3. The molecule has 0 unspecified atom stereocenters. The van der Waals surface area contributed by atoms with Crippen LogP contribution in [-0.2, 0) is 11.3 Å². The largest absolute Gasteiger partial charge is 0.352 e. The van der Waals surface area contributed by atoms with Crippen LogP contribution in [0, 0.1) is 13.8 Å². The Morgan fingerprint density at radius 1 is 0.973 bits per heavy atom. The number of imidazole rings is 1. The topological polar surface area (TPSA) is 109 Å². The SMILES string of the molecule is Cc1ccc(C(=O)NCCCn2ccnc2)c(C2CCN(C(=O)CNC(=O)c3ccccc3C)CC2)n1. The lowest BCUT2D eigenvalue weighted by molar-refractivity contribution is -0.131. The van der Waals surface area contributed by atoms with Gasteiger partial charge < -0.3 is 20.1 Å². The van der Waals surface area contributed by atoms with Crippen molar-refractivity contribution in [3.8, 4) is 0 Å². The molecule has 3 aromatic rings. The van der Waals surface area contributed by atoms with E-state index in [2.05, 4.69) is 15.6 Å². The zero-order chi connectivity index (χ0) is 26.2. The number of carbonyl (C=O) groups is 3. The summed E-state index contributed by atoms with van der Waals surface area (Å²) in [4.78, 5) is 48.7. The van der Waals surface area contributed by atoms with Crippen molar-refractivity contribution in [3.05, 3.63) is 83.2 Å². The highest BCUT2D eigenvalue weighted by Gasteiger charge is 2.28. The molecule has 9 nitrogen and oxygen atoms in total. The van der Waals surface area contributed by atoms with Crippen molar-refractivity contribution in [2.75, 3.05) is 26.2 Å². The van der Waals surface area contributed by atoms with Gasteiger partial charge in [-0.25, -0.2) is 4.98 Å². The first kappa shape index (κ1) is 26.1. The molecule has 3 amide bonds. The van der Waals surface area contributed by atoms with Crippen LogP contribution in [0.4, 0.5) is 0 Å². The second kappa shape index (κ2) is 12.3. The van der Waals surface area contributed by atoms with Crippen molar-refractivity contribution < 1.29 is 14.4 Å². The third kappa shape index (κ3) is 6.81. The first-order valence-electron chi connectivity index (χ1n) is 12.8. The molecule has 0 saturated carbocycles. The van der Waals surface area contributed by atoms with Gasteiger partial charge in [0.15, 0.2) is 0 Å². The minimum absolute atomic E-state index is 0.0345. The van der Waals surface area contributed by atoms with Crippen LogP contribution in [0.3, 0.4) is 0 Å². The Bertz CT molecular complexity index is 1230. The molecule has 0 aliphatic carbocycles. The number of piperidine rings is 1. The molecule has 3 heterocycles. The number of hydrogen-bond acceptors (Lipinski definition) is 5. The van der Waals surface area contributed by atoms with Gasteiger partial charge in [-0.15, -0.1) is 0 Å². The number of aromatic nitrogens is 3. The molecule has 2 N–H and O–H groups in total. The molecule has 1 saturated heterocycles. The normalized spacial score (nSPS) is 13.8. The molecule has 4 rings (SSSR count). The molecule has 37 heavy (non-hydrogen) atoms. The van der Waals surface area contributed by atoms with Gasteiger partial charge in [-0.05, 0) is 56.9 Å². The summed E-state index contributed by atoms with van der Waals surface area (Å²) in [7, 11) is 0. The van der Waals surface area contributed by atoms with Crippen LogP contribution in [0.15, 0.2) is 55.1 Å². The Morgan fingerprint density at radius 3 is 2.46 bits per heavy atom. The number of hydrogen-bond donors (Lipinski definition) is 2. The third-order valence-corrected chi connectivity index (χ3v) is 6.77. The van der Waals surface area contributed by atoms with E-state index in [1.807, 2.05) is 54.9 Å². The zero-order valence-electron chi connectivity index (χ0n) is 21.4. The van der Waals surface area contributed by atoms with E-state index in [1.54, 1.807) is 23.5 Å². The van der Waals surface area contributed by atoms with Crippen molar-refractivity contribution >= 4 is 17.7 Å². The lowest BCUT2D eigenvalue weighted by Crippen LogP contribution is -2.44. The van der Waals surface area contributed by atoms with Gasteiger partial charge in [0.1, 0.15) is 0 Å². The highest BCUT2D eigenvalue weighted by molar-refractivity contribution is 5.97. The van der Waals surface area contributed by atoms with Gasteiger partial charge >= 0.3 is 0 Å². The van der Waals surface area contributed by atoms with Crippen LogP contribution in [0.2, 0.25) is 0 Å². The lowest BCUT2D eigenvalue weighted by atomic mass is 9.89. The van der Waals surface area contributed by atoms with E-state index in [4.69, 9.17) is 4.98 Å². The number of nitrogens with zero attached hydrogens (tertiary/aromatic N) is 4. The fourth-order valence-corrected chi connectivity index (χ4v) is 4.65. The van der Waals surface area contributed by atoms with Gasteiger partial charge in [-0.1, -0.05) is 18.2 Å². The average molecular weight is 503 g/mol. The average Bonchev–Trinajstić information content (AvgIpc) is 3.43. The van der Waals surface area contributed by atoms with Crippen molar-refractivity contribution in [1.82, 2.24) is 30.1 Å². The molecule has 9 heteroatoms. The van der Waals surface area contributed by atoms with Gasteiger partial charge in [-0.3, -0.25) is 19.4 Å². The van der Waals surface area contributed by atoms with Gasteiger partial charge in [0.25, 0.3) is 11.8 Å². The van der Waals surface area contributed by atoms with Crippen LogP contribution in [0.5, 0.6) is 0 Å². The van der Waals surface area contributed by atoms with Crippen molar-refractivity contribution in [1.29, 1.82) is 0 Å². The Kier molecular flexibility index (Phi) is 8.66. The molecule has 1 fully saturated rings. The predicted molar refractivity (Wildman–Crippen MR) is 140 cm³/mol. The van der Waals surface area contributed by atoms with Crippen LogP contribution in [-0.4, -0.2) is 63.3 Å². The first-order chi connectivity index (χ1) is 17.9. The summed E-state index contributed by atoms with van der Waals surface area (Å²) in [6.07, 6.45) is 7.64. The summed E-state index contributed by atoms with van der Waals surface area (Å²) in [6.45, 7) is 6.23. The summed E-state index contributed by atoms with van der Waals surface area (Å²) >= 11 is 0. The Balaban J connectivity index is 1.29. The lowest BCUT2D eigenvalue weighted by Gasteiger charge is -2.32. The maximum atomic E-state index is 13.0. The van der Waals surface area contributed by atoms with Gasteiger partial charge in [0.05, 0.1) is 24.1 Å². The predicted octanol–water partition coefficient (Wildman–Crippen LogP) is 2.85. The second-order valence-corrected chi connectivity index (χ2v) is 9.45. The molecule has 0 spiro atoms. The van der Waals surface area contributed by atoms with Gasteiger partial charge in [0, 0.05) is 55.7 Å². The number of carbonyl (C=O) groups excluding carboxylic acids is 3.